The zero-order valence-corrected chi connectivity index (χ0v) is 9.50. The van der Waals surface area contributed by atoms with Gasteiger partial charge in [-0.25, -0.2) is 0 Å². The van der Waals surface area contributed by atoms with Crippen molar-refractivity contribution >= 4 is 24.8 Å². The summed E-state index contributed by atoms with van der Waals surface area (Å²) in [5.41, 5.74) is 6.94. The lowest BCUT2D eigenvalue weighted by molar-refractivity contribution is 0.489. The monoisotopic (exact) mass is 246 g/mol. The second-order valence-corrected chi connectivity index (χ2v) is 2.77. The van der Waals surface area contributed by atoms with Crippen LogP contribution in [0.25, 0.3) is 0 Å². The van der Waals surface area contributed by atoms with Crippen LogP contribution in [0.5, 0.6) is 0 Å². The molecule has 1 unspecified atom stereocenters. The molecule has 1 atom stereocenters. The van der Waals surface area contributed by atoms with Crippen LogP contribution < -0.4 is 5.73 Å². The van der Waals surface area contributed by atoms with Gasteiger partial charge in [0.05, 0.1) is 12.3 Å². The summed E-state index contributed by atoms with van der Waals surface area (Å²) in [4.78, 5) is 3.92. The first-order chi connectivity index (χ1) is 6.38. The first-order valence-electron chi connectivity index (χ1n) is 4.07. The van der Waals surface area contributed by atoms with Crippen molar-refractivity contribution in [3.8, 4) is 0 Å². The van der Waals surface area contributed by atoms with Crippen molar-refractivity contribution in [3.05, 3.63) is 54.2 Å². The van der Waals surface area contributed by atoms with Crippen LogP contribution >= 0.6 is 24.8 Å². The van der Waals surface area contributed by atoms with E-state index in [9.17, 15) is 0 Å². The lowest BCUT2D eigenvalue weighted by atomic mass is 10.1. The van der Waals surface area contributed by atoms with Crippen molar-refractivity contribution in [2.24, 2.45) is 5.73 Å². The van der Waals surface area contributed by atoms with Gasteiger partial charge in [-0.3, -0.25) is 4.98 Å². The maximum atomic E-state index is 5.94. The fourth-order valence-corrected chi connectivity index (χ4v) is 1.20. The van der Waals surface area contributed by atoms with E-state index in [2.05, 4.69) is 4.98 Å². The summed E-state index contributed by atoms with van der Waals surface area (Å²) in [7, 11) is 0. The average molecular weight is 247 g/mol. The average Bonchev–Trinajstić information content (AvgIpc) is 2.71. The third-order valence-corrected chi connectivity index (χ3v) is 1.91. The van der Waals surface area contributed by atoms with Gasteiger partial charge in [-0.2, -0.15) is 0 Å². The SMILES string of the molecule is Cl.Cl.NC(c1ccncc1)c1ccco1. The van der Waals surface area contributed by atoms with Crippen molar-refractivity contribution in [1.82, 2.24) is 4.98 Å². The third kappa shape index (κ3) is 3.23. The fourth-order valence-electron chi connectivity index (χ4n) is 1.20. The highest BCUT2D eigenvalue weighted by Crippen LogP contribution is 2.18. The molecule has 0 aliphatic rings. The smallest absolute Gasteiger partial charge is 0.124 e. The molecule has 82 valence electrons. The van der Waals surface area contributed by atoms with Gasteiger partial charge in [0.1, 0.15) is 5.76 Å². The molecule has 5 heteroatoms. The molecule has 0 amide bonds. The molecule has 0 saturated heterocycles. The van der Waals surface area contributed by atoms with E-state index in [1.54, 1.807) is 18.7 Å². The minimum absolute atomic E-state index is 0. The Balaban J connectivity index is 0.000000980. The van der Waals surface area contributed by atoms with E-state index in [0.29, 0.717) is 0 Å². The van der Waals surface area contributed by atoms with E-state index < -0.39 is 0 Å². The number of aromatic nitrogens is 1. The Kier molecular flexibility index (Phi) is 6.01. The standard InChI is InChI=1S/C10H10N2O.2ClH/c11-10(9-2-1-7-13-9)8-3-5-12-6-4-8;;/h1-7,10H,11H2;2*1H. The number of hydrogen-bond donors (Lipinski definition) is 1. The zero-order valence-electron chi connectivity index (χ0n) is 7.87. The Bertz CT molecular complexity index is 364. The molecular formula is C10H12Cl2N2O. The van der Waals surface area contributed by atoms with Crippen molar-refractivity contribution in [2.75, 3.05) is 0 Å². The van der Waals surface area contributed by atoms with Crippen LogP contribution in [0.3, 0.4) is 0 Å². The first kappa shape index (κ1) is 14.0. The molecule has 2 rings (SSSR count). The van der Waals surface area contributed by atoms with E-state index in [-0.39, 0.29) is 30.9 Å². The van der Waals surface area contributed by atoms with Gasteiger partial charge in [-0.05, 0) is 29.8 Å². The van der Waals surface area contributed by atoms with Crippen LogP contribution in [0.2, 0.25) is 0 Å². The summed E-state index contributed by atoms with van der Waals surface area (Å²) >= 11 is 0. The maximum Gasteiger partial charge on any atom is 0.124 e. The van der Waals surface area contributed by atoms with Crippen LogP contribution in [0.1, 0.15) is 17.4 Å². The molecule has 15 heavy (non-hydrogen) atoms. The number of pyridine rings is 1. The Labute approximate surface area is 101 Å². The second kappa shape index (κ2) is 6.45. The third-order valence-electron chi connectivity index (χ3n) is 1.91. The Hall–Kier alpha value is -1.03. The van der Waals surface area contributed by atoms with E-state index in [1.165, 1.54) is 0 Å². The summed E-state index contributed by atoms with van der Waals surface area (Å²) in [5.74, 6) is 0.770. The summed E-state index contributed by atoms with van der Waals surface area (Å²) in [5, 5.41) is 0. The molecule has 0 saturated carbocycles. The van der Waals surface area contributed by atoms with Crippen LogP contribution in [-0.2, 0) is 0 Å². The molecule has 0 radical (unpaired) electrons. The van der Waals surface area contributed by atoms with Crippen molar-refractivity contribution in [3.63, 3.8) is 0 Å². The van der Waals surface area contributed by atoms with Crippen molar-refractivity contribution in [1.29, 1.82) is 0 Å². The minimum atomic E-state index is -0.196. The fraction of sp³-hybridized carbons (Fsp3) is 0.100. The van der Waals surface area contributed by atoms with Gasteiger partial charge in [0.2, 0.25) is 0 Å². The molecule has 2 heterocycles. The van der Waals surface area contributed by atoms with Gasteiger partial charge >= 0.3 is 0 Å². The van der Waals surface area contributed by atoms with Crippen molar-refractivity contribution < 1.29 is 4.42 Å². The number of nitrogens with zero attached hydrogens (tertiary/aromatic N) is 1. The molecule has 2 aromatic rings. The number of rotatable bonds is 2. The van der Waals surface area contributed by atoms with Gasteiger partial charge < -0.3 is 10.2 Å². The lowest BCUT2D eigenvalue weighted by Gasteiger charge is -2.07. The van der Waals surface area contributed by atoms with Gasteiger partial charge in [-0.1, -0.05) is 0 Å². The number of halogens is 2. The van der Waals surface area contributed by atoms with E-state index in [0.717, 1.165) is 11.3 Å². The zero-order chi connectivity index (χ0) is 9.10. The molecule has 0 fully saturated rings. The largest absolute Gasteiger partial charge is 0.467 e. The van der Waals surface area contributed by atoms with Gasteiger partial charge in [0, 0.05) is 12.4 Å². The summed E-state index contributed by atoms with van der Waals surface area (Å²) in [6.07, 6.45) is 5.06. The van der Waals surface area contributed by atoms with Crippen LogP contribution in [0.4, 0.5) is 0 Å². The van der Waals surface area contributed by atoms with Crippen LogP contribution in [0, 0.1) is 0 Å². The second-order valence-electron chi connectivity index (χ2n) is 2.77. The molecule has 0 bridgehead atoms. The maximum absolute atomic E-state index is 5.94. The lowest BCUT2D eigenvalue weighted by Crippen LogP contribution is -2.10. The van der Waals surface area contributed by atoms with Gasteiger partial charge in [-0.15, -0.1) is 24.8 Å². The summed E-state index contributed by atoms with van der Waals surface area (Å²) in [6.45, 7) is 0. The highest BCUT2D eigenvalue weighted by atomic mass is 35.5. The molecular weight excluding hydrogens is 235 g/mol. The van der Waals surface area contributed by atoms with Gasteiger partial charge in [0.25, 0.3) is 0 Å². The molecule has 2 aromatic heterocycles. The molecule has 0 aliphatic carbocycles. The van der Waals surface area contributed by atoms with Crippen LogP contribution in [-0.4, -0.2) is 4.98 Å². The van der Waals surface area contributed by atoms with Gasteiger partial charge in [0.15, 0.2) is 0 Å². The summed E-state index contributed by atoms with van der Waals surface area (Å²) < 4.78 is 5.20. The number of furan rings is 1. The van der Waals surface area contributed by atoms with E-state index in [4.69, 9.17) is 10.2 Å². The Morgan fingerprint density at radius 1 is 1.13 bits per heavy atom. The summed E-state index contributed by atoms with van der Waals surface area (Å²) in [6, 6.07) is 7.26. The molecule has 0 aromatic carbocycles. The topological polar surface area (TPSA) is 52.0 Å². The number of nitrogens with two attached hydrogens (primary N) is 1. The quantitative estimate of drug-likeness (QED) is 0.887. The minimum Gasteiger partial charge on any atom is -0.467 e. The Morgan fingerprint density at radius 2 is 1.80 bits per heavy atom. The predicted octanol–water partition coefficient (Wildman–Crippen LogP) is 2.57. The van der Waals surface area contributed by atoms with Crippen LogP contribution in [0.15, 0.2) is 47.3 Å². The van der Waals surface area contributed by atoms with Crippen molar-refractivity contribution in [2.45, 2.75) is 6.04 Å². The van der Waals surface area contributed by atoms with E-state index >= 15 is 0 Å². The number of hydrogen-bond acceptors (Lipinski definition) is 3. The molecule has 3 nitrogen and oxygen atoms in total. The predicted molar refractivity (Wildman–Crippen MR) is 63.5 cm³/mol. The highest BCUT2D eigenvalue weighted by molar-refractivity contribution is 5.85. The van der Waals surface area contributed by atoms with E-state index in [1.807, 2.05) is 24.3 Å². The molecule has 0 aliphatic heterocycles. The molecule has 2 N–H and O–H groups in total. The molecule has 0 spiro atoms. The normalized spacial score (nSPS) is 11.0. The first-order valence-corrected chi connectivity index (χ1v) is 4.07. The Morgan fingerprint density at radius 3 is 2.33 bits per heavy atom. The highest BCUT2D eigenvalue weighted by Gasteiger charge is 2.10.